The molecule has 3 N–H and O–H groups in total. The van der Waals surface area contributed by atoms with Crippen LogP contribution in [-0.4, -0.2) is 31.4 Å². The van der Waals surface area contributed by atoms with Gasteiger partial charge in [0.05, 0.1) is 17.3 Å². The van der Waals surface area contributed by atoms with Crippen molar-refractivity contribution in [2.24, 2.45) is 0 Å². The number of amides is 2. The summed E-state index contributed by atoms with van der Waals surface area (Å²) >= 11 is 6.01. The van der Waals surface area contributed by atoms with Crippen molar-refractivity contribution in [2.75, 3.05) is 18.9 Å². The van der Waals surface area contributed by atoms with Gasteiger partial charge in [-0.3, -0.25) is 9.59 Å². The molecule has 0 radical (unpaired) electrons. The number of rotatable bonds is 6. The molecule has 1 aromatic rings. The predicted molar refractivity (Wildman–Crippen MR) is 81.2 cm³/mol. The summed E-state index contributed by atoms with van der Waals surface area (Å²) in [5.41, 5.74) is 0.880. The largest absolute Gasteiger partial charge is 0.355 e. The summed E-state index contributed by atoms with van der Waals surface area (Å²) in [5, 5.41) is 8.70. The molecule has 0 saturated carbocycles. The van der Waals surface area contributed by atoms with Crippen molar-refractivity contribution in [2.45, 2.75) is 26.3 Å². The molecule has 0 saturated heterocycles. The van der Waals surface area contributed by atoms with Gasteiger partial charge in [-0.05, 0) is 31.5 Å². The fourth-order valence-corrected chi connectivity index (χ4v) is 1.68. The molecule has 0 heterocycles. The topological polar surface area (TPSA) is 70.2 Å². The molecule has 0 aromatic heterocycles. The number of halogens is 1. The number of hydrogen-bond donors (Lipinski definition) is 3. The lowest BCUT2D eigenvalue weighted by Crippen LogP contribution is -2.34. The van der Waals surface area contributed by atoms with Crippen molar-refractivity contribution in [3.63, 3.8) is 0 Å². The molecule has 1 unspecified atom stereocenters. The summed E-state index contributed by atoms with van der Waals surface area (Å²) in [5.74, 6) is -0.420. The first-order chi connectivity index (χ1) is 9.47. The monoisotopic (exact) mass is 297 g/mol. The van der Waals surface area contributed by atoms with Gasteiger partial charge in [0.15, 0.2) is 0 Å². The number of carbonyl (C=O) groups excluding carboxylic acids is 2. The molecule has 0 aliphatic carbocycles. The Balaban J connectivity index is 2.71. The second-order valence-electron chi connectivity index (χ2n) is 4.51. The van der Waals surface area contributed by atoms with Crippen molar-refractivity contribution >= 4 is 29.1 Å². The number of benzene rings is 1. The molecule has 2 amide bonds. The van der Waals surface area contributed by atoms with E-state index in [0.29, 0.717) is 16.3 Å². The highest BCUT2D eigenvalue weighted by atomic mass is 35.5. The molecular weight excluding hydrogens is 278 g/mol. The van der Waals surface area contributed by atoms with Gasteiger partial charge in [-0.1, -0.05) is 18.5 Å². The highest BCUT2D eigenvalue weighted by Gasteiger charge is 2.10. The first-order valence-electron chi connectivity index (χ1n) is 6.52. The van der Waals surface area contributed by atoms with Gasteiger partial charge >= 0.3 is 0 Å². The van der Waals surface area contributed by atoms with Crippen molar-refractivity contribution < 1.29 is 9.59 Å². The lowest BCUT2D eigenvalue weighted by atomic mass is 10.2. The molecular formula is C14H20ClN3O2. The van der Waals surface area contributed by atoms with Crippen molar-refractivity contribution in [1.82, 2.24) is 10.6 Å². The summed E-state index contributed by atoms with van der Waals surface area (Å²) in [6.45, 7) is 4.25. The smallest absolute Gasteiger partial charge is 0.251 e. The van der Waals surface area contributed by atoms with E-state index in [1.54, 1.807) is 25.2 Å². The van der Waals surface area contributed by atoms with Crippen LogP contribution in [0.15, 0.2) is 18.2 Å². The molecule has 0 bridgehead atoms. The van der Waals surface area contributed by atoms with E-state index in [-0.39, 0.29) is 24.4 Å². The SMILES string of the molecule is CCC(C)NCC(=O)Nc1cc(C(=O)NC)ccc1Cl. The second kappa shape index (κ2) is 7.87. The molecule has 1 rings (SSSR count). The average Bonchev–Trinajstić information content (AvgIpc) is 2.46. The van der Waals surface area contributed by atoms with E-state index in [2.05, 4.69) is 16.0 Å². The number of hydrogen-bond acceptors (Lipinski definition) is 3. The Labute approximate surface area is 124 Å². The maximum Gasteiger partial charge on any atom is 0.251 e. The van der Waals surface area contributed by atoms with Crippen LogP contribution >= 0.6 is 11.6 Å². The molecule has 0 spiro atoms. The maximum absolute atomic E-state index is 11.8. The Morgan fingerprint density at radius 2 is 2.05 bits per heavy atom. The second-order valence-corrected chi connectivity index (χ2v) is 4.92. The van der Waals surface area contributed by atoms with Gasteiger partial charge in [-0.15, -0.1) is 0 Å². The Morgan fingerprint density at radius 1 is 1.35 bits per heavy atom. The molecule has 1 aromatic carbocycles. The Kier molecular flexibility index (Phi) is 6.48. The quantitative estimate of drug-likeness (QED) is 0.752. The van der Waals surface area contributed by atoms with E-state index in [1.807, 2.05) is 13.8 Å². The van der Waals surface area contributed by atoms with Crippen LogP contribution in [-0.2, 0) is 4.79 Å². The third-order valence-corrected chi connectivity index (χ3v) is 3.28. The van der Waals surface area contributed by atoms with Gasteiger partial charge in [0.25, 0.3) is 5.91 Å². The number of carbonyl (C=O) groups is 2. The number of anilines is 1. The zero-order valence-electron chi connectivity index (χ0n) is 11.9. The Bertz CT molecular complexity index is 491. The normalized spacial score (nSPS) is 11.8. The first kappa shape index (κ1) is 16.5. The van der Waals surface area contributed by atoms with Gasteiger partial charge in [-0.2, -0.15) is 0 Å². The van der Waals surface area contributed by atoms with Crippen LogP contribution in [0.25, 0.3) is 0 Å². The molecule has 1 atom stereocenters. The van der Waals surface area contributed by atoms with Crippen molar-refractivity contribution in [1.29, 1.82) is 0 Å². The Morgan fingerprint density at radius 3 is 2.65 bits per heavy atom. The minimum Gasteiger partial charge on any atom is -0.355 e. The molecule has 110 valence electrons. The van der Waals surface area contributed by atoms with E-state index in [0.717, 1.165) is 6.42 Å². The standard InChI is InChI=1S/C14H20ClN3O2/c1-4-9(2)17-8-13(19)18-12-7-10(14(20)16-3)5-6-11(12)15/h5-7,9,17H,4,8H2,1-3H3,(H,16,20)(H,18,19). The Hall–Kier alpha value is -1.59. The zero-order chi connectivity index (χ0) is 15.1. The lowest BCUT2D eigenvalue weighted by molar-refractivity contribution is -0.115. The maximum atomic E-state index is 11.8. The zero-order valence-corrected chi connectivity index (χ0v) is 12.7. The molecule has 20 heavy (non-hydrogen) atoms. The molecule has 6 heteroatoms. The minimum absolute atomic E-state index is 0.193. The van der Waals surface area contributed by atoms with Crippen LogP contribution in [0.2, 0.25) is 5.02 Å². The van der Waals surface area contributed by atoms with E-state index < -0.39 is 0 Å². The summed E-state index contributed by atoms with van der Waals surface area (Å²) in [7, 11) is 1.55. The van der Waals surface area contributed by atoms with Gasteiger partial charge in [-0.25, -0.2) is 0 Å². The van der Waals surface area contributed by atoms with Crippen LogP contribution in [0, 0.1) is 0 Å². The molecule has 0 aliphatic heterocycles. The van der Waals surface area contributed by atoms with Gasteiger partial charge in [0, 0.05) is 18.7 Å². The third-order valence-electron chi connectivity index (χ3n) is 2.95. The summed E-state index contributed by atoms with van der Waals surface area (Å²) in [6, 6.07) is 5.02. The minimum atomic E-state index is -0.227. The van der Waals surface area contributed by atoms with Crippen LogP contribution < -0.4 is 16.0 Å². The van der Waals surface area contributed by atoms with Crippen molar-refractivity contribution in [3.05, 3.63) is 28.8 Å². The summed E-state index contributed by atoms with van der Waals surface area (Å²) < 4.78 is 0. The van der Waals surface area contributed by atoms with Crippen LogP contribution in [0.3, 0.4) is 0 Å². The molecule has 0 fully saturated rings. The number of nitrogens with one attached hydrogen (secondary N) is 3. The van der Waals surface area contributed by atoms with E-state index in [9.17, 15) is 9.59 Å². The fraction of sp³-hybridized carbons (Fsp3) is 0.429. The van der Waals surface area contributed by atoms with Gasteiger partial charge in [0.1, 0.15) is 0 Å². The third kappa shape index (κ3) is 4.83. The molecule has 5 nitrogen and oxygen atoms in total. The lowest BCUT2D eigenvalue weighted by Gasteiger charge is -2.12. The summed E-state index contributed by atoms with van der Waals surface area (Å²) in [4.78, 5) is 23.3. The van der Waals surface area contributed by atoms with E-state index >= 15 is 0 Å². The molecule has 0 aliphatic rings. The van der Waals surface area contributed by atoms with Crippen molar-refractivity contribution in [3.8, 4) is 0 Å². The van der Waals surface area contributed by atoms with Gasteiger partial charge < -0.3 is 16.0 Å². The van der Waals surface area contributed by atoms with Crippen LogP contribution in [0.5, 0.6) is 0 Å². The predicted octanol–water partition coefficient (Wildman–Crippen LogP) is 2.03. The van der Waals surface area contributed by atoms with Crippen LogP contribution in [0.4, 0.5) is 5.69 Å². The average molecular weight is 298 g/mol. The van der Waals surface area contributed by atoms with E-state index in [1.165, 1.54) is 0 Å². The summed E-state index contributed by atoms with van der Waals surface area (Å²) in [6.07, 6.45) is 0.945. The highest BCUT2D eigenvalue weighted by molar-refractivity contribution is 6.33. The van der Waals surface area contributed by atoms with E-state index in [4.69, 9.17) is 11.6 Å². The van der Waals surface area contributed by atoms with Gasteiger partial charge in [0.2, 0.25) is 5.91 Å². The highest BCUT2D eigenvalue weighted by Crippen LogP contribution is 2.22. The first-order valence-corrected chi connectivity index (χ1v) is 6.90. The van der Waals surface area contributed by atoms with Crippen LogP contribution in [0.1, 0.15) is 30.6 Å². The fourth-order valence-electron chi connectivity index (χ4n) is 1.51.